The minimum Gasteiger partial charge on any atom is -0.319 e. The molecule has 132 valence electrons. The lowest BCUT2D eigenvalue weighted by molar-refractivity contribution is -0.131. The van der Waals surface area contributed by atoms with Crippen LogP contribution in [0.3, 0.4) is 0 Å². The Bertz CT molecular complexity index is 991. The van der Waals surface area contributed by atoms with Gasteiger partial charge in [-0.2, -0.15) is 0 Å². The monoisotopic (exact) mass is 390 g/mol. The van der Waals surface area contributed by atoms with E-state index in [0.717, 1.165) is 16.4 Å². The van der Waals surface area contributed by atoms with E-state index in [1.807, 2.05) is 0 Å². The van der Waals surface area contributed by atoms with Crippen LogP contribution >= 0.6 is 23.1 Å². The van der Waals surface area contributed by atoms with Gasteiger partial charge < -0.3 is 5.32 Å². The summed E-state index contributed by atoms with van der Waals surface area (Å²) in [5.41, 5.74) is 0.429. The number of aromatic nitrogens is 6. The number of hydrogen-bond donors (Lipinski definition) is 1. The van der Waals surface area contributed by atoms with Gasteiger partial charge >= 0.3 is 6.03 Å². The van der Waals surface area contributed by atoms with Gasteiger partial charge in [0.1, 0.15) is 21.9 Å². The molecule has 1 unspecified atom stereocenters. The van der Waals surface area contributed by atoms with E-state index in [-0.39, 0.29) is 6.54 Å². The molecule has 1 aromatic carbocycles. The topological polar surface area (TPSA) is 119 Å². The predicted molar refractivity (Wildman–Crippen MR) is 90.5 cm³/mol. The fourth-order valence-corrected chi connectivity index (χ4v) is 3.33. The molecule has 4 rings (SSSR count). The number of carbonyl (C=O) groups is 2. The lowest BCUT2D eigenvalue weighted by atomic mass is 9.91. The first-order chi connectivity index (χ1) is 12.5. The normalized spacial score (nSPS) is 19.8. The zero-order valence-electron chi connectivity index (χ0n) is 13.3. The quantitative estimate of drug-likeness (QED) is 0.663. The number of benzene rings is 1. The van der Waals surface area contributed by atoms with Crippen molar-refractivity contribution in [2.45, 2.75) is 19.0 Å². The third kappa shape index (κ3) is 2.61. The largest absolute Gasteiger partial charge is 0.325 e. The Labute approximate surface area is 155 Å². The second kappa shape index (κ2) is 6.11. The number of nitrogens with zero attached hydrogens (tertiary/aromatic N) is 7. The van der Waals surface area contributed by atoms with E-state index in [1.165, 1.54) is 11.0 Å². The Morgan fingerprint density at radius 3 is 2.88 bits per heavy atom. The van der Waals surface area contributed by atoms with Gasteiger partial charge in [-0.3, -0.25) is 9.69 Å². The van der Waals surface area contributed by atoms with Crippen LogP contribution in [0.25, 0.3) is 5.69 Å². The highest BCUT2D eigenvalue weighted by atomic mass is 35.5. The van der Waals surface area contributed by atoms with E-state index in [4.69, 9.17) is 11.6 Å². The van der Waals surface area contributed by atoms with Crippen molar-refractivity contribution >= 4 is 35.1 Å². The molecule has 0 bridgehead atoms. The number of nitrogens with one attached hydrogen (secondary N) is 1. The van der Waals surface area contributed by atoms with E-state index in [1.54, 1.807) is 31.2 Å². The first-order valence-corrected chi connectivity index (χ1v) is 8.59. The van der Waals surface area contributed by atoms with Crippen LogP contribution in [0, 0.1) is 0 Å². The predicted octanol–water partition coefficient (Wildman–Crippen LogP) is 1.13. The van der Waals surface area contributed by atoms with Crippen molar-refractivity contribution in [1.29, 1.82) is 0 Å². The van der Waals surface area contributed by atoms with Gasteiger partial charge in [0.2, 0.25) is 0 Å². The number of halogens is 1. The van der Waals surface area contributed by atoms with Crippen molar-refractivity contribution in [3.8, 4) is 5.69 Å². The van der Waals surface area contributed by atoms with Crippen LogP contribution in [-0.4, -0.2) is 46.6 Å². The van der Waals surface area contributed by atoms with Gasteiger partial charge in [-0.05, 0) is 35.0 Å². The summed E-state index contributed by atoms with van der Waals surface area (Å²) in [4.78, 5) is 26.5. The third-order valence-corrected chi connectivity index (χ3v) is 5.11. The molecule has 0 spiro atoms. The highest BCUT2D eigenvalue weighted by Gasteiger charge is 2.49. The minimum atomic E-state index is -1.23. The Balaban J connectivity index is 1.66. The molecule has 1 N–H and O–H groups in total. The van der Waals surface area contributed by atoms with E-state index in [0.29, 0.717) is 21.3 Å². The molecular formula is C14H11ClN8O2S. The summed E-state index contributed by atoms with van der Waals surface area (Å²) < 4.78 is 5.53. The molecule has 26 heavy (non-hydrogen) atoms. The minimum absolute atomic E-state index is 0.0394. The second-order valence-corrected chi connectivity index (χ2v) is 7.10. The van der Waals surface area contributed by atoms with E-state index < -0.39 is 17.5 Å². The highest BCUT2D eigenvalue weighted by Crippen LogP contribution is 2.31. The average Bonchev–Trinajstić information content (AvgIpc) is 3.34. The standard InChI is InChI=1S/C14H11ClN8O2S/c1-14(8-3-2-4-9(5-8)23-7-16-19-20-23)12(24)22(13(25)17-14)6-10-11(15)26-21-18-10/h2-5,7H,6H2,1H3,(H,17,25). The fourth-order valence-electron chi connectivity index (χ4n) is 2.72. The zero-order chi connectivity index (χ0) is 18.3. The smallest absolute Gasteiger partial charge is 0.319 e. The first-order valence-electron chi connectivity index (χ1n) is 7.44. The summed E-state index contributed by atoms with van der Waals surface area (Å²) in [7, 11) is 0. The maximum absolute atomic E-state index is 13.0. The molecule has 1 atom stereocenters. The Morgan fingerprint density at radius 1 is 1.35 bits per heavy atom. The highest BCUT2D eigenvalue weighted by molar-refractivity contribution is 7.10. The summed E-state index contributed by atoms with van der Waals surface area (Å²) in [6.45, 7) is 1.61. The van der Waals surface area contributed by atoms with E-state index in [9.17, 15) is 9.59 Å². The van der Waals surface area contributed by atoms with Crippen molar-refractivity contribution in [2.75, 3.05) is 0 Å². The van der Waals surface area contributed by atoms with Gasteiger partial charge in [0.15, 0.2) is 0 Å². The first kappa shape index (κ1) is 16.5. The van der Waals surface area contributed by atoms with Crippen molar-refractivity contribution in [3.05, 3.63) is 46.2 Å². The van der Waals surface area contributed by atoms with Gasteiger partial charge in [-0.15, -0.1) is 10.2 Å². The molecular weight excluding hydrogens is 380 g/mol. The van der Waals surface area contributed by atoms with Crippen molar-refractivity contribution < 1.29 is 9.59 Å². The maximum Gasteiger partial charge on any atom is 0.325 e. The van der Waals surface area contributed by atoms with Crippen LogP contribution < -0.4 is 5.32 Å². The van der Waals surface area contributed by atoms with Crippen LogP contribution in [0.5, 0.6) is 0 Å². The number of hydrogen-bond acceptors (Lipinski definition) is 8. The van der Waals surface area contributed by atoms with Gasteiger partial charge in [-0.1, -0.05) is 28.2 Å². The molecule has 0 aliphatic carbocycles. The number of imide groups is 1. The molecule has 3 heterocycles. The maximum atomic E-state index is 13.0. The van der Waals surface area contributed by atoms with Crippen molar-refractivity contribution in [3.63, 3.8) is 0 Å². The number of tetrazole rings is 1. The Hall–Kier alpha value is -2.92. The molecule has 1 fully saturated rings. The fraction of sp³-hybridized carbons (Fsp3) is 0.214. The molecule has 0 radical (unpaired) electrons. The van der Waals surface area contributed by atoms with Crippen molar-refractivity contribution in [1.82, 2.24) is 40.0 Å². The second-order valence-electron chi connectivity index (χ2n) is 5.74. The molecule has 12 heteroatoms. The van der Waals surface area contributed by atoms with Crippen LogP contribution in [0.2, 0.25) is 4.34 Å². The lowest BCUT2D eigenvalue weighted by Gasteiger charge is -2.22. The van der Waals surface area contributed by atoms with Gasteiger partial charge in [-0.25, -0.2) is 9.48 Å². The molecule has 1 aliphatic heterocycles. The summed E-state index contributed by atoms with van der Waals surface area (Å²) in [6, 6.07) is 6.54. The lowest BCUT2D eigenvalue weighted by Crippen LogP contribution is -2.40. The van der Waals surface area contributed by atoms with Crippen LogP contribution in [0.4, 0.5) is 4.79 Å². The molecule has 1 aliphatic rings. The Kier molecular flexibility index (Phi) is 3.89. The SMILES string of the molecule is CC1(c2cccc(-n3cnnn3)c2)NC(=O)N(Cc2nnsc2Cl)C1=O. The summed E-state index contributed by atoms with van der Waals surface area (Å²) in [6.07, 6.45) is 1.44. The van der Waals surface area contributed by atoms with Gasteiger partial charge in [0.05, 0.1) is 12.2 Å². The number of amides is 3. The number of rotatable bonds is 4. The van der Waals surface area contributed by atoms with Crippen LogP contribution in [0.1, 0.15) is 18.2 Å². The Morgan fingerprint density at radius 2 is 2.19 bits per heavy atom. The van der Waals surface area contributed by atoms with E-state index in [2.05, 4.69) is 30.4 Å². The molecule has 2 aromatic heterocycles. The average molecular weight is 391 g/mol. The molecule has 0 saturated carbocycles. The van der Waals surface area contributed by atoms with Gasteiger partial charge in [0, 0.05) is 11.5 Å². The molecule has 3 aromatic rings. The summed E-state index contributed by atoms with van der Waals surface area (Å²) in [5, 5.41) is 17.6. The molecule has 10 nitrogen and oxygen atoms in total. The summed E-state index contributed by atoms with van der Waals surface area (Å²) >= 11 is 6.98. The van der Waals surface area contributed by atoms with Crippen LogP contribution in [-0.2, 0) is 16.9 Å². The van der Waals surface area contributed by atoms with Crippen molar-refractivity contribution in [2.24, 2.45) is 0 Å². The van der Waals surface area contributed by atoms with E-state index >= 15 is 0 Å². The zero-order valence-corrected chi connectivity index (χ0v) is 14.9. The molecule has 3 amide bonds. The van der Waals surface area contributed by atoms with Gasteiger partial charge in [0.25, 0.3) is 5.91 Å². The number of urea groups is 1. The molecule has 1 saturated heterocycles. The summed E-state index contributed by atoms with van der Waals surface area (Å²) in [5.74, 6) is -0.402. The number of carbonyl (C=O) groups excluding carboxylic acids is 2. The van der Waals surface area contributed by atoms with Crippen LogP contribution in [0.15, 0.2) is 30.6 Å². The third-order valence-electron chi connectivity index (χ3n) is 4.13.